The predicted octanol–water partition coefficient (Wildman–Crippen LogP) is 2.30. The van der Waals surface area contributed by atoms with Gasteiger partial charge in [0.05, 0.1) is 11.6 Å². The second kappa shape index (κ2) is 5.59. The van der Waals surface area contributed by atoms with Crippen molar-refractivity contribution < 1.29 is 9.26 Å². The summed E-state index contributed by atoms with van der Waals surface area (Å²) in [6.07, 6.45) is 10.0. The van der Waals surface area contributed by atoms with E-state index in [0.29, 0.717) is 17.8 Å². The van der Waals surface area contributed by atoms with Crippen LogP contribution in [0, 0.1) is 0 Å². The van der Waals surface area contributed by atoms with Crippen LogP contribution in [0.5, 0.6) is 0 Å². The van der Waals surface area contributed by atoms with Gasteiger partial charge in [-0.15, -0.1) is 0 Å². The van der Waals surface area contributed by atoms with Gasteiger partial charge in [0.25, 0.3) is 0 Å². The molecule has 5 nitrogen and oxygen atoms in total. The van der Waals surface area contributed by atoms with E-state index in [1.165, 1.54) is 12.8 Å². The number of hydrogen-bond acceptors (Lipinski definition) is 5. The lowest BCUT2D eigenvalue weighted by Crippen LogP contribution is -2.39. The zero-order valence-electron chi connectivity index (χ0n) is 11.4. The molecule has 0 bridgehead atoms. The summed E-state index contributed by atoms with van der Waals surface area (Å²) < 4.78 is 10.9. The van der Waals surface area contributed by atoms with Crippen molar-refractivity contribution in [2.45, 2.75) is 69.4 Å². The normalized spacial score (nSPS) is 26.7. The van der Waals surface area contributed by atoms with E-state index in [-0.39, 0.29) is 5.54 Å². The summed E-state index contributed by atoms with van der Waals surface area (Å²) >= 11 is 0. The van der Waals surface area contributed by atoms with Crippen molar-refractivity contribution in [2.24, 2.45) is 5.73 Å². The fourth-order valence-electron chi connectivity index (χ4n) is 3.12. The molecule has 2 N–H and O–H groups in total. The van der Waals surface area contributed by atoms with Gasteiger partial charge in [0.15, 0.2) is 5.82 Å². The van der Waals surface area contributed by atoms with Crippen molar-refractivity contribution in [3.63, 3.8) is 0 Å². The van der Waals surface area contributed by atoms with Gasteiger partial charge in [0, 0.05) is 13.0 Å². The van der Waals surface area contributed by atoms with Crippen LogP contribution in [0.15, 0.2) is 4.52 Å². The van der Waals surface area contributed by atoms with Crippen molar-refractivity contribution in [1.82, 2.24) is 10.1 Å². The minimum Gasteiger partial charge on any atom is -0.378 e. The van der Waals surface area contributed by atoms with Crippen molar-refractivity contribution in [2.75, 3.05) is 6.61 Å². The first-order valence-electron chi connectivity index (χ1n) is 7.50. The first kappa shape index (κ1) is 13.1. The molecule has 19 heavy (non-hydrogen) atoms. The SMILES string of the molecule is NC1(c2noc(CCC3CCCO3)n2)CCCCC1. The van der Waals surface area contributed by atoms with Gasteiger partial charge in [-0.3, -0.25) is 0 Å². The number of nitrogens with zero attached hydrogens (tertiary/aromatic N) is 2. The molecule has 3 rings (SSSR count). The van der Waals surface area contributed by atoms with E-state index in [0.717, 1.165) is 51.6 Å². The molecule has 5 heteroatoms. The number of rotatable bonds is 4. The summed E-state index contributed by atoms with van der Waals surface area (Å²) in [6, 6.07) is 0. The van der Waals surface area contributed by atoms with Crippen LogP contribution < -0.4 is 5.73 Å². The first-order chi connectivity index (χ1) is 9.26. The Labute approximate surface area is 113 Å². The summed E-state index contributed by atoms with van der Waals surface area (Å²) in [5.74, 6) is 1.41. The minimum atomic E-state index is -0.357. The third-order valence-electron chi connectivity index (χ3n) is 4.36. The predicted molar refractivity (Wildman–Crippen MR) is 70.5 cm³/mol. The molecule has 1 saturated heterocycles. The zero-order valence-corrected chi connectivity index (χ0v) is 11.4. The lowest BCUT2D eigenvalue weighted by Gasteiger charge is -2.29. The van der Waals surface area contributed by atoms with E-state index in [2.05, 4.69) is 10.1 Å². The average Bonchev–Trinajstić information content (AvgIpc) is 3.09. The third-order valence-corrected chi connectivity index (χ3v) is 4.36. The van der Waals surface area contributed by atoms with Crippen LogP contribution in [0.25, 0.3) is 0 Å². The molecule has 1 aromatic rings. The molecule has 2 aliphatic rings. The molecule has 0 spiro atoms. The fourth-order valence-corrected chi connectivity index (χ4v) is 3.12. The highest BCUT2D eigenvalue weighted by Crippen LogP contribution is 2.33. The van der Waals surface area contributed by atoms with Gasteiger partial charge in [-0.25, -0.2) is 0 Å². The van der Waals surface area contributed by atoms with Crippen molar-refractivity contribution in [3.05, 3.63) is 11.7 Å². The van der Waals surface area contributed by atoms with Crippen LogP contribution in [0.4, 0.5) is 0 Å². The van der Waals surface area contributed by atoms with E-state index in [1.807, 2.05) is 0 Å². The molecule has 0 amide bonds. The summed E-state index contributed by atoms with van der Waals surface area (Å²) in [5.41, 5.74) is 6.05. The van der Waals surface area contributed by atoms with Gasteiger partial charge in [0.1, 0.15) is 0 Å². The van der Waals surface area contributed by atoms with Gasteiger partial charge in [0.2, 0.25) is 5.89 Å². The third kappa shape index (κ3) is 2.98. The highest BCUT2D eigenvalue weighted by atomic mass is 16.5. The van der Waals surface area contributed by atoms with E-state index >= 15 is 0 Å². The molecule has 1 saturated carbocycles. The maximum atomic E-state index is 6.40. The number of nitrogens with two attached hydrogens (primary N) is 1. The van der Waals surface area contributed by atoms with Crippen molar-refractivity contribution in [1.29, 1.82) is 0 Å². The van der Waals surface area contributed by atoms with Crippen LogP contribution in [0.3, 0.4) is 0 Å². The van der Waals surface area contributed by atoms with Gasteiger partial charge >= 0.3 is 0 Å². The molecular formula is C14H23N3O2. The Hall–Kier alpha value is -0.940. The summed E-state index contributed by atoms with van der Waals surface area (Å²) in [7, 11) is 0. The van der Waals surface area contributed by atoms with E-state index in [9.17, 15) is 0 Å². The Kier molecular flexibility index (Phi) is 3.84. The summed E-state index contributed by atoms with van der Waals surface area (Å²) in [4.78, 5) is 4.51. The molecule has 0 radical (unpaired) electrons. The number of aryl methyl sites for hydroxylation is 1. The Morgan fingerprint density at radius 3 is 2.79 bits per heavy atom. The summed E-state index contributed by atoms with van der Waals surface area (Å²) in [5, 5.41) is 4.10. The Morgan fingerprint density at radius 1 is 1.21 bits per heavy atom. The zero-order chi connectivity index (χ0) is 13.1. The largest absolute Gasteiger partial charge is 0.378 e. The molecular weight excluding hydrogens is 242 g/mol. The van der Waals surface area contributed by atoms with Crippen LogP contribution in [-0.4, -0.2) is 22.9 Å². The second-order valence-electron chi connectivity index (χ2n) is 5.90. The number of ether oxygens (including phenoxy) is 1. The van der Waals surface area contributed by atoms with E-state index in [4.69, 9.17) is 15.0 Å². The van der Waals surface area contributed by atoms with Gasteiger partial charge < -0.3 is 15.0 Å². The van der Waals surface area contributed by atoms with Crippen molar-refractivity contribution >= 4 is 0 Å². The van der Waals surface area contributed by atoms with Gasteiger partial charge in [-0.05, 0) is 32.1 Å². The van der Waals surface area contributed by atoms with Crippen molar-refractivity contribution in [3.8, 4) is 0 Å². The first-order valence-corrected chi connectivity index (χ1v) is 7.50. The quantitative estimate of drug-likeness (QED) is 0.904. The standard InChI is InChI=1S/C14H23N3O2/c15-14(8-2-1-3-9-14)13-16-12(19-17-13)7-6-11-5-4-10-18-11/h11H,1-10,15H2. The molecule has 1 aliphatic heterocycles. The molecule has 1 atom stereocenters. The smallest absolute Gasteiger partial charge is 0.226 e. The monoisotopic (exact) mass is 265 g/mol. The number of aromatic nitrogens is 2. The number of hydrogen-bond donors (Lipinski definition) is 1. The van der Waals surface area contributed by atoms with Gasteiger partial charge in [-0.1, -0.05) is 24.4 Å². The minimum absolute atomic E-state index is 0.357. The molecule has 106 valence electrons. The van der Waals surface area contributed by atoms with Crippen LogP contribution >= 0.6 is 0 Å². The van der Waals surface area contributed by atoms with Crippen LogP contribution in [0.1, 0.15) is 63.1 Å². The molecule has 2 fully saturated rings. The lowest BCUT2D eigenvalue weighted by atomic mass is 9.82. The topological polar surface area (TPSA) is 74.2 Å². The Balaban J connectivity index is 1.59. The molecule has 0 aromatic carbocycles. The Bertz CT molecular complexity index is 407. The van der Waals surface area contributed by atoms with E-state index < -0.39 is 0 Å². The molecule has 1 aromatic heterocycles. The average molecular weight is 265 g/mol. The fraction of sp³-hybridized carbons (Fsp3) is 0.857. The van der Waals surface area contributed by atoms with E-state index in [1.54, 1.807) is 0 Å². The molecule has 1 aliphatic carbocycles. The maximum Gasteiger partial charge on any atom is 0.226 e. The molecule has 1 unspecified atom stereocenters. The van der Waals surface area contributed by atoms with Crippen LogP contribution in [-0.2, 0) is 16.7 Å². The maximum absolute atomic E-state index is 6.40. The second-order valence-corrected chi connectivity index (χ2v) is 5.90. The Morgan fingerprint density at radius 2 is 2.05 bits per heavy atom. The summed E-state index contributed by atoms with van der Waals surface area (Å²) in [6.45, 7) is 0.895. The highest BCUT2D eigenvalue weighted by molar-refractivity contribution is 5.05. The van der Waals surface area contributed by atoms with Crippen LogP contribution in [0.2, 0.25) is 0 Å². The van der Waals surface area contributed by atoms with Gasteiger partial charge in [-0.2, -0.15) is 4.98 Å². The highest BCUT2D eigenvalue weighted by Gasteiger charge is 2.34. The molecule has 2 heterocycles. The lowest BCUT2D eigenvalue weighted by molar-refractivity contribution is 0.102.